The lowest BCUT2D eigenvalue weighted by atomic mass is 10.2. The zero-order chi connectivity index (χ0) is 19.8. The Hall–Kier alpha value is -3.91. The number of fused-ring (bicyclic) bond motifs is 2. The Bertz CT molecular complexity index is 1330. The Kier molecular flexibility index (Phi) is 4.17. The number of ether oxygens (including phenoxy) is 2. The number of terminal acetylenes is 1. The van der Waals surface area contributed by atoms with Gasteiger partial charge in [-0.3, -0.25) is 9.36 Å². The van der Waals surface area contributed by atoms with E-state index in [1.165, 1.54) is 4.57 Å². The van der Waals surface area contributed by atoms with Crippen LogP contribution in [0.4, 0.5) is 0 Å². The topological polar surface area (TPSA) is 80.3 Å². The molecule has 0 radical (unpaired) electrons. The third-order valence-electron chi connectivity index (χ3n) is 4.50. The van der Waals surface area contributed by atoms with Gasteiger partial charge in [-0.25, -0.2) is 14.3 Å². The third-order valence-corrected chi connectivity index (χ3v) is 4.50. The maximum absolute atomic E-state index is 12.8. The fourth-order valence-corrected chi connectivity index (χ4v) is 3.09. The summed E-state index contributed by atoms with van der Waals surface area (Å²) in [6, 6.07) is 5.37. The van der Waals surface area contributed by atoms with Gasteiger partial charge < -0.3 is 14.0 Å². The lowest BCUT2D eigenvalue weighted by molar-refractivity contribution is 0.174. The number of hydrogen-bond donors (Lipinski definition) is 0. The van der Waals surface area contributed by atoms with Crippen molar-refractivity contribution in [2.45, 2.75) is 20.0 Å². The SMILES string of the molecule is C#CCn1c(=O)c2c(nc(C#Cc3ccc4c(c3)OCO4)n2C)n(CC)c1=O. The number of imidazole rings is 1. The Morgan fingerprint density at radius 3 is 2.71 bits per heavy atom. The van der Waals surface area contributed by atoms with E-state index in [0.29, 0.717) is 35.1 Å². The maximum Gasteiger partial charge on any atom is 0.333 e. The predicted octanol–water partition coefficient (Wildman–Crippen LogP) is 0.678. The Morgan fingerprint density at radius 1 is 1.18 bits per heavy atom. The summed E-state index contributed by atoms with van der Waals surface area (Å²) < 4.78 is 14.7. The smallest absolute Gasteiger partial charge is 0.333 e. The summed E-state index contributed by atoms with van der Waals surface area (Å²) in [6.07, 6.45) is 5.31. The van der Waals surface area contributed by atoms with E-state index >= 15 is 0 Å². The molecule has 8 nitrogen and oxygen atoms in total. The predicted molar refractivity (Wildman–Crippen MR) is 102 cm³/mol. The first-order chi connectivity index (χ1) is 13.5. The summed E-state index contributed by atoms with van der Waals surface area (Å²) in [6.45, 7) is 2.25. The van der Waals surface area contributed by atoms with Crippen molar-refractivity contribution in [3.63, 3.8) is 0 Å². The van der Waals surface area contributed by atoms with Gasteiger partial charge >= 0.3 is 5.69 Å². The maximum atomic E-state index is 12.8. The first-order valence-electron chi connectivity index (χ1n) is 8.60. The molecule has 3 heterocycles. The van der Waals surface area contributed by atoms with Crippen LogP contribution in [0.25, 0.3) is 11.2 Å². The second-order valence-electron chi connectivity index (χ2n) is 6.11. The molecule has 0 amide bonds. The highest BCUT2D eigenvalue weighted by atomic mass is 16.7. The van der Waals surface area contributed by atoms with Gasteiger partial charge in [0.1, 0.15) is 0 Å². The summed E-state index contributed by atoms with van der Waals surface area (Å²) in [5.41, 5.74) is 0.337. The minimum absolute atomic E-state index is 0.100. The molecule has 0 bridgehead atoms. The summed E-state index contributed by atoms with van der Waals surface area (Å²) in [5.74, 6) is 9.99. The van der Waals surface area contributed by atoms with E-state index in [0.717, 1.165) is 4.57 Å². The van der Waals surface area contributed by atoms with Crippen LogP contribution in [-0.4, -0.2) is 25.5 Å². The largest absolute Gasteiger partial charge is 0.454 e. The highest BCUT2D eigenvalue weighted by Gasteiger charge is 2.18. The molecular weight excluding hydrogens is 360 g/mol. The van der Waals surface area contributed by atoms with Crippen LogP contribution in [0.5, 0.6) is 11.5 Å². The number of aryl methyl sites for hydroxylation is 2. The minimum atomic E-state index is -0.480. The molecule has 0 spiro atoms. The lowest BCUT2D eigenvalue weighted by Gasteiger charge is -2.07. The van der Waals surface area contributed by atoms with Crippen molar-refractivity contribution >= 4 is 11.2 Å². The van der Waals surface area contributed by atoms with Gasteiger partial charge in [0.25, 0.3) is 5.56 Å². The van der Waals surface area contributed by atoms with Crippen molar-refractivity contribution < 1.29 is 9.47 Å². The molecule has 3 aromatic rings. The highest BCUT2D eigenvalue weighted by Crippen LogP contribution is 2.32. The summed E-state index contributed by atoms with van der Waals surface area (Å²) in [5, 5.41) is 0. The monoisotopic (exact) mass is 376 g/mol. The number of aromatic nitrogens is 4. The van der Waals surface area contributed by atoms with Crippen molar-refractivity contribution in [2.75, 3.05) is 6.79 Å². The van der Waals surface area contributed by atoms with Gasteiger partial charge in [-0.2, -0.15) is 0 Å². The molecule has 1 aliphatic rings. The first-order valence-corrected chi connectivity index (χ1v) is 8.60. The van der Waals surface area contributed by atoms with Crippen molar-refractivity contribution in [3.05, 3.63) is 50.4 Å². The van der Waals surface area contributed by atoms with Gasteiger partial charge in [0.15, 0.2) is 28.5 Å². The molecule has 4 rings (SSSR count). The van der Waals surface area contributed by atoms with Gasteiger partial charge in [0, 0.05) is 19.2 Å². The van der Waals surface area contributed by atoms with E-state index in [9.17, 15) is 9.59 Å². The molecule has 8 heteroatoms. The van der Waals surface area contributed by atoms with E-state index in [1.54, 1.807) is 30.7 Å². The van der Waals surface area contributed by atoms with Crippen molar-refractivity contribution in [2.24, 2.45) is 7.05 Å². The van der Waals surface area contributed by atoms with E-state index < -0.39 is 11.2 Å². The molecule has 0 atom stereocenters. The molecule has 0 saturated carbocycles. The molecule has 1 aromatic carbocycles. The molecule has 0 unspecified atom stereocenters. The zero-order valence-electron chi connectivity index (χ0n) is 15.4. The number of nitrogens with zero attached hydrogens (tertiary/aromatic N) is 4. The standard InChI is InChI=1S/C20H16N4O4/c1-4-10-24-19(25)17-18(23(5-2)20(24)26)21-16(22(17)3)9-7-13-6-8-14-15(11-13)28-12-27-14/h1,6,8,11H,5,10,12H2,2-3H3. The second-order valence-corrected chi connectivity index (χ2v) is 6.11. The quantitative estimate of drug-likeness (QED) is 0.615. The van der Waals surface area contributed by atoms with E-state index in [1.807, 2.05) is 6.07 Å². The Labute approximate surface area is 159 Å². The normalized spacial score (nSPS) is 11.9. The fraction of sp³-hybridized carbons (Fsp3) is 0.250. The molecule has 140 valence electrons. The lowest BCUT2D eigenvalue weighted by Crippen LogP contribution is -2.40. The average Bonchev–Trinajstić information content (AvgIpc) is 3.28. The highest BCUT2D eigenvalue weighted by molar-refractivity contribution is 5.72. The van der Waals surface area contributed by atoms with Crippen LogP contribution in [-0.2, 0) is 20.1 Å². The fourth-order valence-electron chi connectivity index (χ4n) is 3.09. The number of benzene rings is 1. The molecule has 0 saturated heterocycles. The molecule has 28 heavy (non-hydrogen) atoms. The van der Waals surface area contributed by atoms with Crippen LogP contribution in [0, 0.1) is 24.2 Å². The number of rotatable bonds is 2. The van der Waals surface area contributed by atoms with Crippen LogP contribution < -0.4 is 20.7 Å². The summed E-state index contributed by atoms with van der Waals surface area (Å²) in [4.78, 5) is 29.7. The number of hydrogen-bond acceptors (Lipinski definition) is 5. The van der Waals surface area contributed by atoms with Gasteiger partial charge in [0.05, 0.1) is 6.54 Å². The molecule has 1 aliphatic heterocycles. The van der Waals surface area contributed by atoms with Crippen molar-refractivity contribution in [1.29, 1.82) is 0 Å². The van der Waals surface area contributed by atoms with Crippen LogP contribution in [0.15, 0.2) is 27.8 Å². The van der Waals surface area contributed by atoms with Gasteiger partial charge in [-0.05, 0) is 31.0 Å². The molecule has 0 fully saturated rings. The molecule has 0 aliphatic carbocycles. The van der Waals surface area contributed by atoms with Crippen LogP contribution >= 0.6 is 0 Å². The van der Waals surface area contributed by atoms with Gasteiger partial charge in [-0.15, -0.1) is 6.42 Å². The summed E-state index contributed by atoms with van der Waals surface area (Å²) >= 11 is 0. The Balaban J connectivity index is 1.88. The van der Waals surface area contributed by atoms with E-state index in [-0.39, 0.29) is 18.9 Å². The van der Waals surface area contributed by atoms with Crippen LogP contribution in [0.2, 0.25) is 0 Å². The van der Waals surface area contributed by atoms with Crippen LogP contribution in [0.1, 0.15) is 18.3 Å². The van der Waals surface area contributed by atoms with Crippen molar-refractivity contribution in [1.82, 2.24) is 18.7 Å². The van der Waals surface area contributed by atoms with Crippen LogP contribution in [0.3, 0.4) is 0 Å². The molecular formula is C20H16N4O4. The first kappa shape index (κ1) is 17.5. The van der Waals surface area contributed by atoms with Crippen molar-refractivity contribution in [3.8, 4) is 35.7 Å². The molecule has 2 aromatic heterocycles. The minimum Gasteiger partial charge on any atom is -0.454 e. The Morgan fingerprint density at radius 2 is 1.96 bits per heavy atom. The van der Waals surface area contributed by atoms with E-state index in [4.69, 9.17) is 15.9 Å². The second kappa shape index (κ2) is 6.67. The van der Waals surface area contributed by atoms with Gasteiger partial charge in [0.2, 0.25) is 6.79 Å². The summed E-state index contributed by atoms with van der Waals surface area (Å²) in [7, 11) is 1.69. The zero-order valence-corrected chi connectivity index (χ0v) is 15.4. The van der Waals surface area contributed by atoms with E-state index in [2.05, 4.69) is 22.7 Å². The third kappa shape index (κ3) is 2.63. The molecule has 0 N–H and O–H groups in total. The average molecular weight is 376 g/mol. The van der Waals surface area contributed by atoms with Gasteiger partial charge in [-0.1, -0.05) is 11.8 Å².